The van der Waals surface area contributed by atoms with E-state index in [-0.39, 0.29) is 0 Å². The normalized spacial score (nSPS) is 17.1. The molecule has 0 aliphatic heterocycles. The molecule has 1 aliphatic carbocycles. The maximum Gasteiger partial charge on any atom is 0.153 e. The van der Waals surface area contributed by atoms with E-state index in [0.29, 0.717) is 5.92 Å². The molecule has 2 nitrogen and oxygen atoms in total. The van der Waals surface area contributed by atoms with Crippen LogP contribution in [0, 0.1) is 0 Å². The first-order chi connectivity index (χ1) is 7.35. The van der Waals surface area contributed by atoms with Gasteiger partial charge >= 0.3 is 0 Å². The van der Waals surface area contributed by atoms with E-state index < -0.39 is 0 Å². The Kier molecular flexibility index (Phi) is 3.24. The average molecular weight is 206 g/mol. The average Bonchev–Trinajstić information content (AvgIpc) is 2.84. The zero-order valence-electron chi connectivity index (χ0n) is 9.29. The maximum atomic E-state index is 10.9. The summed E-state index contributed by atoms with van der Waals surface area (Å²) in [5.74, 6) is 2.49. The van der Waals surface area contributed by atoms with Crippen LogP contribution < -0.4 is 0 Å². The number of carbonyl (C=O) groups is 1. The fourth-order valence-corrected chi connectivity index (χ4v) is 2.40. The molecule has 2 heteroatoms. The molecule has 0 unspecified atom stereocenters. The molecule has 15 heavy (non-hydrogen) atoms. The van der Waals surface area contributed by atoms with Crippen molar-refractivity contribution in [3.8, 4) is 0 Å². The fraction of sp³-hybridized carbons (Fsp3) is 0.615. The molecular weight excluding hydrogens is 188 g/mol. The van der Waals surface area contributed by atoms with Crippen LogP contribution in [0.4, 0.5) is 0 Å². The van der Waals surface area contributed by atoms with Crippen LogP contribution in [-0.4, -0.2) is 6.29 Å². The number of carbonyl (C=O) groups excluding carboxylic acids is 1. The predicted molar refractivity (Wildman–Crippen MR) is 59.3 cm³/mol. The van der Waals surface area contributed by atoms with Crippen molar-refractivity contribution in [2.45, 2.75) is 51.4 Å². The molecule has 0 amide bonds. The lowest BCUT2D eigenvalue weighted by Gasteiger charge is -2.03. The second kappa shape index (κ2) is 4.65. The van der Waals surface area contributed by atoms with E-state index >= 15 is 0 Å². The summed E-state index contributed by atoms with van der Waals surface area (Å²) >= 11 is 0. The number of rotatable bonds is 4. The van der Waals surface area contributed by atoms with Gasteiger partial charge in [0, 0.05) is 12.3 Å². The minimum Gasteiger partial charge on any atom is -0.465 e. The highest BCUT2D eigenvalue weighted by Gasteiger charge is 2.22. The Morgan fingerprint density at radius 1 is 1.47 bits per heavy atom. The van der Waals surface area contributed by atoms with Crippen LogP contribution in [0.1, 0.15) is 66.8 Å². The van der Waals surface area contributed by atoms with Crippen LogP contribution in [0.3, 0.4) is 0 Å². The summed E-state index contributed by atoms with van der Waals surface area (Å²) in [6.45, 7) is 2.10. The Morgan fingerprint density at radius 3 is 2.80 bits per heavy atom. The van der Waals surface area contributed by atoms with Gasteiger partial charge in [-0.1, -0.05) is 19.8 Å². The van der Waals surface area contributed by atoms with Crippen LogP contribution in [0.25, 0.3) is 0 Å². The van der Waals surface area contributed by atoms with E-state index in [0.717, 1.165) is 36.2 Å². The Bertz CT molecular complexity index is 332. The van der Waals surface area contributed by atoms with Gasteiger partial charge in [0.2, 0.25) is 0 Å². The van der Waals surface area contributed by atoms with Crippen molar-refractivity contribution in [1.29, 1.82) is 0 Å². The molecule has 0 bridgehead atoms. The van der Waals surface area contributed by atoms with Gasteiger partial charge in [0.05, 0.1) is 5.56 Å². The molecule has 1 aromatic rings. The van der Waals surface area contributed by atoms with E-state index in [1.807, 2.05) is 6.07 Å². The molecule has 82 valence electrons. The molecule has 1 aromatic heterocycles. The second-order valence-electron chi connectivity index (χ2n) is 4.38. The molecule has 0 N–H and O–H groups in total. The SMILES string of the molecule is CCCc1oc(C2CCCC2)cc1C=O. The minimum atomic E-state index is 0.564. The summed E-state index contributed by atoms with van der Waals surface area (Å²) in [6.07, 6.45) is 7.86. The number of furan rings is 1. The standard InChI is InChI=1S/C13H18O2/c1-2-5-12-11(9-14)8-13(15-12)10-6-3-4-7-10/h8-10H,2-7H2,1H3. The van der Waals surface area contributed by atoms with Crippen molar-refractivity contribution in [3.63, 3.8) is 0 Å². The third-order valence-electron chi connectivity index (χ3n) is 3.22. The Hall–Kier alpha value is -1.05. The maximum absolute atomic E-state index is 10.9. The first-order valence-corrected chi connectivity index (χ1v) is 5.93. The molecule has 1 saturated carbocycles. The summed E-state index contributed by atoms with van der Waals surface area (Å²) in [6, 6.07) is 1.95. The van der Waals surface area contributed by atoms with Crippen molar-refractivity contribution in [3.05, 3.63) is 23.2 Å². The number of hydrogen-bond donors (Lipinski definition) is 0. The lowest BCUT2D eigenvalue weighted by atomic mass is 10.0. The van der Waals surface area contributed by atoms with Gasteiger partial charge in [-0.15, -0.1) is 0 Å². The van der Waals surface area contributed by atoms with E-state index in [1.54, 1.807) is 0 Å². The minimum absolute atomic E-state index is 0.564. The number of hydrogen-bond acceptors (Lipinski definition) is 2. The quantitative estimate of drug-likeness (QED) is 0.703. The molecule has 0 spiro atoms. The van der Waals surface area contributed by atoms with Crippen molar-refractivity contribution in [2.24, 2.45) is 0 Å². The van der Waals surface area contributed by atoms with Crippen molar-refractivity contribution >= 4 is 6.29 Å². The summed E-state index contributed by atoms with van der Waals surface area (Å²) in [5, 5.41) is 0. The number of aldehydes is 1. The first kappa shape index (κ1) is 10.5. The molecule has 0 radical (unpaired) electrons. The van der Waals surface area contributed by atoms with Gasteiger partial charge in [-0.3, -0.25) is 4.79 Å². The molecule has 2 rings (SSSR count). The van der Waals surface area contributed by atoms with E-state index in [4.69, 9.17) is 4.42 Å². The summed E-state index contributed by atoms with van der Waals surface area (Å²) < 4.78 is 5.80. The lowest BCUT2D eigenvalue weighted by molar-refractivity contribution is 0.112. The molecule has 1 fully saturated rings. The molecule has 1 aliphatic rings. The monoisotopic (exact) mass is 206 g/mol. The molecule has 0 saturated heterocycles. The molecular formula is C13H18O2. The van der Waals surface area contributed by atoms with Crippen LogP contribution >= 0.6 is 0 Å². The van der Waals surface area contributed by atoms with Crippen molar-refractivity contribution in [1.82, 2.24) is 0 Å². The van der Waals surface area contributed by atoms with Gasteiger partial charge in [0.15, 0.2) is 6.29 Å². The zero-order valence-corrected chi connectivity index (χ0v) is 9.29. The predicted octanol–water partition coefficient (Wildman–Crippen LogP) is 3.70. The first-order valence-electron chi connectivity index (χ1n) is 5.93. The number of aryl methyl sites for hydroxylation is 1. The largest absolute Gasteiger partial charge is 0.465 e. The third kappa shape index (κ3) is 2.14. The lowest BCUT2D eigenvalue weighted by Crippen LogP contribution is -1.88. The smallest absolute Gasteiger partial charge is 0.153 e. The zero-order chi connectivity index (χ0) is 10.7. The van der Waals surface area contributed by atoms with Crippen molar-refractivity contribution < 1.29 is 9.21 Å². The van der Waals surface area contributed by atoms with E-state index in [9.17, 15) is 4.79 Å². The highest BCUT2D eigenvalue weighted by Crippen LogP contribution is 2.35. The summed E-state index contributed by atoms with van der Waals surface area (Å²) in [5.41, 5.74) is 0.763. The fourth-order valence-electron chi connectivity index (χ4n) is 2.40. The Labute approximate surface area is 90.7 Å². The van der Waals surface area contributed by atoms with Gasteiger partial charge in [-0.2, -0.15) is 0 Å². The van der Waals surface area contributed by atoms with E-state index in [2.05, 4.69) is 6.92 Å². The van der Waals surface area contributed by atoms with Gasteiger partial charge in [0.1, 0.15) is 11.5 Å². The molecule has 0 aromatic carbocycles. The topological polar surface area (TPSA) is 30.2 Å². The summed E-state index contributed by atoms with van der Waals surface area (Å²) in [4.78, 5) is 10.9. The highest BCUT2D eigenvalue weighted by atomic mass is 16.3. The van der Waals surface area contributed by atoms with Crippen LogP contribution in [0.2, 0.25) is 0 Å². The van der Waals surface area contributed by atoms with Crippen LogP contribution in [-0.2, 0) is 6.42 Å². The van der Waals surface area contributed by atoms with Gasteiger partial charge in [-0.05, 0) is 25.3 Å². The van der Waals surface area contributed by atoms with E-state index in [1.165, 1.54) is 25.7 Å². The third-order valence-corrected chi connectivity index (χ3v) is 3.22. The highest BCUT2D eigenvalue weighted by molar-refractivity contribution is 5.76. The molecule has 1 heterocycles. The Balaban J connectivity index is 2.21. The van der Waals surface area contributed by atoms with Crippen molar-refractivity contribution in [2.75, 3.05) is 0 Å². The summed E-state index contributed by atoms with van der Waals surface area (Å²) in [7, 11) is 0. The molecule has 0 atom stereocenters. The second-order valence-corrected chi connectivity index (χ2v) is 4.38. The van der Waals surface area contributed by atoms with Gasteiger partial charge in [-0.25, -0.2) is 0 Å². The van der Waals surface area contributed by atoms with Crippen LogP contribution in [0.5, 0.6) is 0 Å². The van der Waals surface area contributed by atoms with Gasteiger partial charge < -0.3 is 4.42 Å². The van der Waals surface area contributed by atoms with Crippen LogP contribution in [0.15, 0.2) is 10.5 Å². The van der Waals surface area contributed by atoms with Gasteiger partial charge in [0.25, 0.3) is 0 Å². The Morgan fingerprint density at radius 2 is 2.20 bits per heavy atom.